The standard InChI is InChI=1S/C30H29F3IN5O3S/c1-16-13-17(14-39-28(42)25(37-38-39)18-6-8-19(9-7-18)30(31,32)33)5-12-22(16)36-27(41)23-20(26(35)40)10-11-21(24(23)34)29(2,3)15-43-4/h5-13,25H,14-15H2,1-4H3,(H2,35,40)(H,36,41). The lowest BCUT2D eigenvalue weighted by atomic mass is 9.84. The molecule has 0 bridgehead atoms. The van der Waals surface area contributed by atoms with Crippen LogP contribution in [0.25, 0.3) is 0 Å². The maximum absolute atomic E-state index is 13.5. The molecule has 0 saturated carbocycles. The molecular formula is C30H29F3IN5O3S. The Morgan fingerprint density at radius 2 is 1.77 bits per heavy atom. The van der Waals surface area contributed by atoms with Crippen molar-refractivity contribution >= 4 is 57.8 Å². The van der Waals surface area contributed by atoms with E-state index in [1.54, 1.807) is 43.0 Å². The third-order valence-corrected chi connectivity index (χ3v) is 9.19. The van der Waals surface area contributed by atoms with E-state index in [0.29, 0.717) is 25.9 Å². The second-order valence-corrected chi connectivity index (χ2v) is 12.7. The molecule has 0 saturated heterocycles. The fourth-order valence-electron chi connectivity index (χ4n) is 4.81. The third kappa shape index (κ3) is 7.03. The number of carbonyl (C=O) groups excluding carboxylic acids is 3. The molecule has 0 fully saturated rings. The van der Waals surface area contributed by atoms with Crippen LogP contribution >= 0.6 is 34.4 Å². The van der Waals surface area contributed by atoms with Gasteiger partial charge in [0, 0.05) is 15.0 Å². The summed E-state index contributed by atoms with van der Waals surface area (Å²) in [4.78, 5) is 38.7. The van der Waals surface area contributed by atoms with Crippen molar-refractivity contribution in [1.29, 1.82) is 0 Å². The minimum atomic E-state index is -4.48. The van der Waals surface area contributed by atoms with Crippen LogP contribution in [0.3, 0.4) is 0 Å². The van der Waals surface area contributed by atoms with Crippen LogP contribution in [0.15, 0.2) is 64.9 Å². The quantitative estimate of drug-likeness (QED) is 0.230. The van der Waals surface area contributed by atoms with Crippen LogP contribution in [0, 0.1) is 10.5 Å². The van der Waals surface area contributed by atoms with Crippen molar-refractivity contribution in [3.05, 3.63) is 97.1 Å². The van der Waals surface area contributed by atoms with E-state index >= 15 is 0 Å². The number of hydrogen-bond acceptors (Lipinski definition) is 6. The predicted octanol–water partition coefficient (Wildman–Crippen LogP) is 7.06. The number of rotatable bonds is 9. The Morgan fingerprint density at radius 3 is 2.35 bits per heavy atom. The van der Waals surface area contributed by atoms with Gasteiger partial charge in [0.2, 0.25) is 5.91 Å². The number of benzene rings is 3. The van der Waals surface area contributed by atoms with Gasteiger partial charge in [-0.2, -0.15) is 30.0 Å². The van der Waals surface area contributed by atoms with Crippen LogP contribution in [-0.4, -0.2) is 34.7 Å². The summed E-state index contributed by atoms with van der Waals surface area (Å²) in [6, 6.07) is 11.8. The lowest BCUT2D eigenvalue weighted by Gasteiger charge is -2.27. The number of halogens is 4. The Morgan fingerprint density at radius 1 is 1.09 bits per heavy atom. The van der Waals surface area contributed by atoms with Gasteiger partial charge in [0.15, 0.2) is 6.04 Å². The summed E-state index contributed by atoms with van der Waals surface area (Å²) in [5.74, 6) is -0.833. The van der Waals surface area contributed by atoms with Crippen LogP contribution in [0.2, 0.25) is 0 Å². The Kier molecular flexibility index (Phi) is 9.54. The third-order valence-electron chi connectivity index (χ3n) is 7.06. The number of carbonyl (C=O) groups is 3. The van der Waals surface area contributed by atoms with Gasteiger partial charge in [0.25, 0.3) is 11.8 Å². The summed E-state index contributed by atoms with van der Waals surface area (Å²) in [6.45, 7) is 6.01. The molecule has 13 heteroatoms. The fourth-order valence-corrected chi connectivity index (χ4v) is 7.13. The number of amides is 3. The Balaban J connectivity index is 1.50. The molecule has 0 spiro atoms. The zero-order valence-electron chi connectivity index (χ0n) is 23.8. The van der Waals surface area contributed by atoms with Crippen molar-refractivity contribution in [3.63, 3.8) is 0 Å². The summed E-state index contributed by atoms with van der Waals surface area (Å²) in [5.41, 5.74) is 8.03. The van der Waals surface area contributed by atoms with E-state index in [-0.39, 0.29) is 23.1 Å². The van der Waals surface area contributed by atoms with Crippen molar-refractivity contribution in [2.75, 3.05) is 17.3 Å². The number of hydrogen-bond donors (Lipinski definition) is 2. The highest BCUT2D eigenvalue weighted by Crippen LogP contribution is 2.35. The molecular weight excluding hydrogens is 694 g/mol. The topological polar surface area (TPSA) is 117 Å². The Labute approximate surface area is 264 Å². The van der Waals surface area contributed by atoms with Gasteiger partial charge in [-0.1, -0.05) is 49.4 Å². The van der Waals surface area contributed by atoms with Crippen LogP contribution in [0.5, 0.6) is 0 Å². The average molecular weight is 724 g/mol. The molecule has 1 aliphatic rings. The van der Waals surface area contributed by atoms with Gasteiger partial charge in [-0.05, 0) is 87.7 Å². The molecule has 3 aromatic rings. The highest BCUT2D eigenvalue weighted by molar-refractivity contribution is 14.1. The molecule has 226 valence electrons. The van der Waals surface area contributed by atoms with Gasteiger partial charge < -0.3 is 11.1 Å². The van der Waals surface area contributed by atoms with Crippen LogP contribution < -0.4 is 11.1 Å². The second-order valence-electron chi connectivity index (χ2n) is 10.8. The molecule has 1 unspecified atom stereocenters. The van der Waals surface area contributed by atoms with Gasteiger partial charge >= 0.3 is 6.18 Å². The summed E-state index contributed by atoms with van der Waals surface area (Å²) in [5, 5.41) is 11.9. The first-order valence-electron chi connectivity index (χ1n) is 13.1. The Bertz CT molecular complexity index is 1610. The molecule has 3 N–H and O–H groups in total. The molecule has 1 aliphatic heterocycles. The van der Waals surface area contributed by atoms with E-state index in [9.17, 15) is 27.6 Å². The monoisotopic (exact) mass is 723 g/mol. The predicted molar refractivity (Wildman–Crippen MR) is 168 cm³/mol. The molecule has 8 nitrogen and oxygen atoms in total. The lowest BCUT2D eigenvalue weighted by Crippen LogP contribution is -2.27. The van der Waals surface area contributed by atoms with E-state index in [4.69, 9.17) is 5.73 Å². The Hall–Kier alpha value is -3.46. The largest absolute Gasteiger partial charge is 0.416 e. The average Bonchev–Trinajstić information content (AvgIpc) is 3.28. The van der Waals surface area contributed by atoms with E-state index in [1.807, 2.05) is 12.3 Å². The van der Waals surface area contributed by atoms with Crippen LogP contribution in [-0.2, 0) is 22.9 Å². The first-order chi connectivity index (χ1) is 20.1. The maximum atomic E-state index is 13.5. The smallest absolute Gasteiger partial charge is 0.366 e. The van der Waals surface area contributed by atoms with Gasteiger partial charge in [-0.3, -0.25) is 14.4 Å². The molecule has 0 radical (unpaired) electrons. The molecule has 0 aliphatic carbocycles. The van der Waals surface area contributed by atoms with Crippen LogP contribution in [0.1, 0.15) is 68.4 Å². The number of primary amides is 1. The fraction of sp³-hybridized carbons (Fsp3) is 0.300. The molecule has 1 atom stereocenters. The zero-order chi connectivity index (χ0) is 31.7. The number of nitrogens with two attached hydrogens (primary N) is 1. The summed E-state index contributed by atoms with van der Waals surface area (Å²) in [6.07, 6.45) is -2.47. The number of thioether (sulfide) groups is 1. The first-order valence-corrected chi connectivity index (χ1v) is 15.5. The maximum Gasteiger partial charge on any atom is 0.416 e. The van der Waals surface area contributed by atoms with Gasteiger partial charge in [0.1, 0.15) is 0 Å². The number of anilines is 1. The minimum absolute atomic E-state index is 0.0742. The van der Waals surface area contributed by atoms with Crippen molar-refractivity contribution in [1.82, 2.24) is 5.01 Å². The summed E-state index contributed by atoms with van der Waals surface area (Å²) in [7, 11) is 0. The summed E-state index contributed by atoms with van der Waals surface area (Å²) >= 11 is 3.78. The SMILES string of the molecule is CSCC(C)(C)c1ccc(C(N)=O)c(C(=O)Nc2ccc(CN3N=NC(c4ccc(C(F)(F)F)cc4)C3=O)cc2C)c1I. The van der Waals surface area contributed by atoms with E-state index in [1.165, 1.54) is 12.1 Å². The number of nitrogens with zero attached hydrogens (tertiary/aromatic N) is 3. The lowest BCUT2D eigenvalue weighted by molar-refractivity contribution is -0.137. The van der Waals surface area contributed by atoms with Gasteiger partial charge in [0.05, 0.1) is 23.2 Å². The van der Waals surface area contributed by atoms with Crippen molar-refractivity contribution in [2.45, 2.75) is 44.9 Å². The summed E-state index contributed by atoms with van der Waals surface area (Å²) < 4.78 is 39.3. The molecule has 1 heterocycles. The van der Waals surface area contributed by atoms with Crippen LogP contribution in [0.4, 0.5) is 18.9 Å². The zero-order valence-corrected chi connectivity index (χ0v) is 26.7. The molecule has 3 aromatic carbocycles. The number of alkyl halides is 3. The molecule has 4 rings (SSSR count). The van der Waals surface area contributed by atoms with Crippen molar-refractivity contribution in [3.8, 4) is 0 Å². The number of aryl methyl sites for hydroxylation is 1. The molecule has 43 heavy (non-hydrogen) atoms. The van der Waals surface area contributed by atoms with E-state index < -0.39 is 35.5 Å². The normalized spacial score (nSPS) is 15.2. The minimum Gasteiger partial charge on any atom is -0.366 e. The van der Waals surface area contributed by atoms with Crippen molar-refractivity contribution in [2.24, 2.45) is 16.1 Å². The highest BCUT2D eigenvalue weighted by atomic mass is 127. The molecule has 0 aromatic heterocycles. The van der Waals surface area contributed by atoms with E-state index in [0.717, 1.165) is 28.5 Å². The first kappa shape index (κ1) is 32.5. The number of nitrogens with one attached hydrogen (secondary N) is 1. The van der Waals surface area contributed by atoms with Gasteiger partial charge in [-0.15, -0.1) is 0 Å². The second kappa shape index (κ2) is 12.6. The van der Waals surface area contributed by atoms with Gasteiger partial charge in [-0.25, -0.2) is 5.01 Å². The van der Waals surface area contributed by atoms with E-state index in [2.05, 4.69) is 52.1 Å². The van der Waals surface area contributed by atoms with Crippen molar-refractivity contribution < 1.29 is 27.6 Å². The molecule has 3 amide bonds. The highest BCUT2D eigenvalue weighted by Gasteiger charge is 2.34.